The quantitative estimate of drug-likeness (QED) is 0.828. The molecule has 0 heterocycles. The van der Waals surface area contributed by atoms with E-state index in [4.69, 9.17) is 0 Å². The second kappa shape index (κ2) is 8.37. The smallest absolute Gasteiger partial charge is 0.224 e. The Morgan fingerprint density at radius 2 is 1.48 bits per heavy atom. The molecule has 0 aliphatic rings. The van der Waals surface area contributed by atoms with E-state index in [9.17, 15) is 4.79 Å². The summed E-state index contributed by atoms with van der Waals surface area (Å²) < 4.78 is 0. The van der Waals surface area contributed by atoms with Crippen LogP contribution >= 0.6 is 0 Å². The molecule has 1 N–H and O–H groups in total. The van der Waals surface area contributed by atoms with Gasteiger partial charge in [-0.25, -0.2) is 0 Å². The predicted molar refractivity (Wildman–Crippen MR) is 98.2 cm³/mol. The summed E-state index contributed by atoms with van der Waals surface area (Å²) >= 11 is 0. The van der Waals surface area contributed by atoms with Crippen LogP contribution in [0.4, 0.5) is 11.4 Å². The molecule has 122 valence electrons. The molecular weight excluding hydrogens is 284 g/mol. The molecule has 0 radical (unpaired) electrons. The summed E-state index contributed by atoms with van der Waals surface area (Å²) in [5.74, 6) is 0.0601. The third-order valence-electron chi connectivity index (χ3n) is 3.87. The van der Waals surface area contributed by atoms with Gasteiger partial charge in [0, 0.05) is 31.9 Å². The number of carbonyl (C=O) groups excluding carboxylic acids is 1. The second-order valence-electron chi connectivity index (χ2n) is 6.06. The van der Waals surface area contributed by atoms with Gasteiger partial charge in [-0.2, -0.15) is 0 Å². The minimum atomic E-state index is 0.0601. The second-order valence-corrected chi connectivity index (χ2v) is 6.06. The largest absolute Gasteiger partial charge is 0.378 e. The third-order valence-corrected chi connectivity index (χ3v) is 3.87. The van der Waals surface area contributed by atoms with Crippen LogP contribution in [0.15, 0.2) is 48.5 Å². The van der Waals surface area contributed by atoms with E-state index >= 15 is 0 Å². The fourth-order valence-corrected chi connectivity index (χ4v) is 2.49. The highest BCUT2D eigenvalue weighted by Crippen LogP contribution is 2.15. The monoisotopic (exact) mass is 310 g/mol. The lowest BCUT2D eigenvalue weighted by molar-refractivity contribution is -0.116. The van der Waals surface area contributed by atoms with Crippen LogP contribution in [0.1, 0.15) is 30.9 Å². The van der Waals surface area contributed by atoms with E-state index in [-0.39, 0.29) is 5.91 Å². The molecule has 0 spiro atoms. The lowest BCUT2D eigenvalue weighted by Gasteiger charge is -2.12. The van der Waals surface area contributed by atoms with E-state index in [1.54, 1.807) is 0 Å². The van der Waals surface area contributed by atoms with Gasteiger partial charge in [0.05, 0.1) is 0 Å². The number of carbonyl (C=O) groups is 1. The Hall–Kier alpha value is -2.29. The molecule has 0 saturated carbocycles. The molecule has 0 atom stereocenters. The van der Waals surface area contributed by atoms with E-state index < -0.39 is 0 Å². The Kier molecular flexibility index (Phi) is 6.21. The first-order valence-electron chi connectivity index (χ1n) is 8.23. The number of nitrogens with one attached hydrogen (secondary N) is 1. The minimum absolute atomic E-state index is 0.0601. The number of anilines is 2. The molecule has 3 heteroatoms. The predicted octanol–water partition coefficient (Wildman–Crippen LogP) is 4.28. The zero-order valence-electron chi connectivity index (χ0n) is 14.3. The van der Waals surface area contributed by atoms with Crippen molar-refractivity contribution in [2.24, 2.45) is 0 Å². The van der Waals surface area contributed by atoms with E-state index in [0.717, 1.165) is 24.9 Å². The van der Waals surface area contributed by atoms with Gasteiger partial charge in [-0.15, -0.1) is 0 Å². The third kappa shape index (κ3) is 5.44. The van der Waals surface area contributed by atoms with Gasteiger partial charge in [-0.3, -0.25) is 4.79 Å². The standard InChI is InChI=1S/C20H26N2O/c1-4-5-16-6-11-18(12-7-16)21-20(23)15-10-17-8-13-19(14-9-17)22(2)3/h6-9,11-14H,4-5,10,15H2,1-3H3,(H,21,23). The average molecular weight is 310 g/mol. The van der Waals surface area contributed by atoms with Crippen molar-refractivity contribution < 1.29 is 4.79 Å². The summed E-state index contributed by atoms with van der Waals surface area (Å²) in [7, 11) is 4.04. The molecule has 0 bridgehead atoms. The minimum Gasteiger partial charge on any atom is -0.378 e. The topological polar surface area (TPSA) is 32.3 Å². The van der Waals surface area contributed by atoms with Gasteiger partial charge in [0.1, 0.15) is 0 Å². The zero-order chi connectivity index (χ0) is 16.7. The maximum absolute atomic E-state index is 12.1. The van der Waals surface area contributed by atoms with Crippen molar-refractivity contribution in [1.29, 1.82) is 0 Å². The number of benzene rings is 2. The summed E-state index contributed by atoms with van der Waals surface area (Å²) in [5.41, 5.74) is 4.54. The van der Waals surface area contributed by atoms with Crippen LogP contribution in [0.25, 0.3) is 0 Å². The molecule has 0 saturated heterocycles. The molecule has 2 rings (SSSR count). The Labute approximate surface area is 139 Å². The summed E-state index contributed by atoms with van der Waals surface area (Å²) in [6.07, 6.45) is 3.47. The summed E-state index contributed by atoms with van der Waals surface area (Å²) in [5, 5.41) is 2.96. The molecule has 0 aliphatic heterocycles. The fraction of sp³-hybridized carbons (Fsp3) is 0.350. The fourth-order valence-electron chi connectivity index (χ4n) is 2.49. The van der Waals surface area contributed by atoms with Gasteiger partial charge in [-0.05, 0) is 48.2 Å². The number of rotatable bonds is 7. The van der Waals surface area contributed by atoms with Gasteiger partial charge in [0.15, 0.2) is 0 Å². The molecule has 3 nitrogen and oxygen atoms in total. The van der Waals surface area contributed by atoms with Gasteiger partial charge in [0.25, 0.3) is 0 Å². The molecule has 0 aliphatic carbocycles. The summed E-state index contributed by atoms with van der Waals surface area (Å²) in [6, 6.07) is 16.5. The van der Waals surface area contributed by atoms with Crippen LogP contribution in [0.3, 0.4) is 0 Å². The van der Waals surface area contributed by atoms with E-state index in [2.05, 4.69) is 53.5 Å². The van der Waals surface area contributed by atoms with Crippen molar-refractivity contribution >= 4 is 17.3 Å². The van der Waals surface area contributed by atoms with Crippen molar-refractivity contribution in [3.05, 3.63) is 59.7 Å². The number of amides is 1. The number of hydrogen-bond donors (Lipinski definition) is 1. The molecule has 0 aromatic heterocycles. The Bertz CT molecular complexity index is 615. The number of hydrogen-bond acceptors (Lipinski definition) is 2. The van der Waals surface area contributed by atoms with Gasteiger partial charge in [0.2, 0.25) is 5.91 Å². The summed E-state index contributed by atoms with van der Waals surface area (Å²) in [4.78, 5) is 14.1. The van der Waals surface area contributed by atoms with Crippen molar-refractivity contribution in [3.8, 4) is 0 Å². The van der Waals surface area contributed by atoms with Crippen molar-refractivity contribution in [3.63, 3.8) is 0 Å². The normalized spacial score (nSPS) is 10.4. The first-order valence-corrected chi connectivity index (χ1v) is 8.23. The van der Waals surface area contributed by atoms with Gasteiger partial charge in [-0.1, -0.05) is 37.6 Å². The maximum Gasteiger partial charge on any atom is 0.224 e. The van der Waals surface area contributed by atoms with Crippen molar-refractivity contribution in [2.45, 2.75) is 32.6 Å². The molecule has 23 heavy (non-hydrogen) atoms. The highest BCUT2D eigenvalue weighted by atomic mass is 16.1. The Balaban J connectivity index is 1.82. The first kappa shape index (κ1) is 17.1. The highest BCUT2D eigenvalue weighted by Gasteiger charge is 2.04. The lowest BCUT2D eigenvalue weighted by Crippen LogP contribution is -2.12. The number of nitrogens with zero attached hydrogens (tertiary/aromatic N) is 1. The molecule has 2 aromatic rings. The van der Waals surface area contributed by atoms with Crippen LogP contribution in [0.2, 0.25) is 0 Å². The molecule has 2 aromatic carbocycles. The Morgan fingerprint density at radius 3 is 2.04 bits per heavy atom. The van der Waals surface area contributed by atoms with Crippen molar-refractivity contribution in [1.82, 2.24) is 0 Å². The molecular formula is C20H26N2O. The SMILES string of the molecule is CCCc1ccc(NC(=O)CCc2ccc(N(C)C)cc2)cc1. The number of aryl methyl sites for hydroxylation is 2. The van der Waals surface area contributed by atoms with Crippen LogP contribution in [0.5, 0.6) is 0 Å². The van der Waals surface area contributed by atoms with Crippen LogP contribution < -0.4 is 10.2 Å². The van der Waals surface area contributed by atoms with Gasteiger partial charge >= 0.3 is 0 Å². The molecule has 0 fully saturated rings. The molecule has 0 unspecified atom stereocenters. The van der Waals surface area contributed by atoms with Crippen LogP contribution in [-0.4, -0.2) is 20.0 Å². The van der Waals surface area contributed by atoms with Crippen molar-refractivity contribution in [2.75, 3.05) is 24.3 Å². The highest BCUT2D eigenvalue weighted by molar-refractivity contribution is 5.90. The first-order chi connectivity index (χ1) is 11.1. The van der Waals surface area contributed by atoms with Gasteiger partial charge < -0.3 is 10.2 Å². The van der Waals surface area contributed by atoms with E-state index in [0.29, 0.717) is 6.42 Å². The Morgan fingerprint density at radius 1 is 0.913 bits per heavy atom. The van der Waals surface area contributed by atoms with Crippen LogP contribution in [0, 0.1) is 0 Å². The maximum atomic E-state index is 12.1. The average Bonchev–Trinajstić information content (AvgIpc) is 2.55. The van der Waals surface area contributed by atoms with Crippen LogP contribution in [-0.2, 0) is 17.6 Å². The summed E-state index contributed by atoms with van der Waals surface area (Å²) in [6.45, 7) is 2.17. The van der Waals surface area contributed by atoms with E-state index in [1.165, 1.54) is 16.8 Å². The lowest BCUT2D eigenvalue weighted by atomic mass is 10.1. The molecule has 1 amide bonds. The van der Waals surface area contributed by atoms with E-state index in [1.807, 2.05) is 26.2 Å². The zero-order valence-corrected chi connectivity index (χ0v) is 14.3.